The summed E-state index contributed by atoms with van der Waals surface area (Å²) in [7, 11) is 3.94. The minimum atomic E-state index is -4.83. The van der Waals surface area contributed by atoms with Crippen LogP contribution in [0.1, 0.15) is 31.9 Å². The molecule has 0 saturated heterocycles. The molecule has 0 atom stereocenters. The normalized spacial score (nSPS) is 11.5. The number of nitrogens with zero attached hydrogens (tertiary/aromatic N) is 1. The van der Waals surface area contributed by atoms with Crippen LogP contribution in [-0.2, 0) is 26.3 Å². The molecule has 3 aromatic carbocycles. The molecule has 3 rings (SSSR count). The van der Waals surface area contributed by atoms with E-state index in [0.29, 0.717) is 16.9 Å². The van der Waals surface area contributed by atoms with Gasteiger partial charge >= 0.3 is 18.2 Å². The first-order valence-corrected chi connectivity index (χ1v) is 11.9. The zero-order valence-corrected chi connectivity index (χ0v) is 22.5. The first-order chi connectivity index (χ1) is 18.3. The lowest BCUT2D eigenvalue weighted by Crippen LogP contribution is -2.37. The zero-order chi connectivity index (χ0) is 29.0. The first-order valence-electron chi connectivity index (χ1n) is 11.9. The molecule has 0 fully saturated rings. The molecule has 208 valence electrons. The van der Waals surface area contributed by atoms with Crippen molar-refractivity contribution >= 4 is 17.6 Å². The van der Waals surface area contributed by atoms with Crippen LogP contribution < -0.4 is 19.1 Å². The minimum Gasteiger partial charge on any atom is -0.496 e. The van der Waals surface area contributed by atoms with Gasteiger partial charge in [0, 0.05) is 11.6 Å². The Labute approximate surface area is 225 Å². The Morgan fingerprint density at radius 3 is 1.90 bits per heavy atom. The SMILES string of the molecule is COC(=O)C(=O)N(Cc1ccc(C(C)(C)C)cc1)c1cc(-c2ccc(OC(F)(F)F)cc2)c(OC)cc1OC. The summed E-state index contributed by atoms with van der Waals surface area (Å²) in [5.41, 5.74) is 2.92. The fourth-order valence-electron chi connectivity index (χ4n) is 3.91. The number of benzene rings is 3. The van der Waals surface area contributed by atoms with Gasteiger partial charge < -0.3 is 18.9 Å². The Balaban J connectivity index is 2.11. The second-order valence-electron chi connectivity index (χ2n) is 9.63. The first kappa shape index (κ1) is 29.3. The molecule has 0 saturated carbocycles. The molecule has 0 aliphatic heterocycles. The van der Waals surface area contributed by atoms with Crippen molar-refractivity contribution in [3.63, 3.8) is 0 Å². The van der Waals surface area contributed by atoms with Crippen molar-refractivity contribution in [1.29, 1.82) is 0 Å². The van der Waals surface area contributed by atoms with Crippen molar-refractivity contribution in [1.82, 2.24) is 0 Å². The molecule has 0 radical (unpaired) electrons. The van der Waals surface area contributed by atoms with Gasteiger partial charge in [-0.05, 0) is 40.3 Å². The summed E-state index contributed by atoms with van der Waals surface area (Å²) in [4.78, 5) is 26.8. The maximum Gasteiger partial charge on any atom is 0.573 e. The summed E-state index contributed by atoms with van der Waals surface area (Å²) in [5.74, 6) is -1.83. The summed E-state index contributed by atoms with van der Waals surface area (Å²) >= 11 is 0. The summed E-state index contributed by atoms with van der Waals surface area (Å²) < 4.78 is 57.5. The predicted octanol–water partition coefficient (Wildman–Crippen LogP) is 6.27. The largest absolute Gasteiger partial charge is 0.573 e. The van der Waals surface area contributed by atoms with E-state index in [4.69, 9.17) is 14.2 Å². The third-order valence-electron chi connectivity index (χ3n) is 5.96. The monoisotopic (exact) mass is 545 g/mol. The fourth-order valence-corrected chi connectivity index (χ4v) is 3.91. The molecule has 0 N–H and O–H groups in total. The molecule has 10 heteroatoms. The predicted molar refractivity (Wildman–Crippen MR) is 140 cm³/mol. The Kier molecular flexibility index (Phi) is 8.78. The van der Waals surface area contributed by atoms with E-state index in [9.17, 15) is 22.8 Å². The number of esters is 1. The fraction of sp³-hybridized carbons (Fsp3) is 0.310. The highest BCUT2D eigenvalue weighted by atomic mass is 19.4. The van der Waals surface area contributed by atoms with Crippen molar-refractivity contribution in [2.75, 3.05) is 26.2 Å². The molecule has 0 unspecified atom stereocenters. The summed E-state index contributed by atoms with van der Waals surface area (Å²) in [6, 6.07) is 15.9. The van der Waals surface area contributed by atoms with E-state index in [1.165, 1.54) is 49.5 Å². The molecule has 0 heterocycles. The Bertz CT molecular complexity index is 1310. The Morgan fingerprint density at radius 1 is 0.821 bits per heavy atom. The number of hydrogen-bond acceptors (Lipinski definition) is 6. The van der Waals surface area contributed by atoms with Crippen molar-refractivity contribution in [3.05, 3.63) is 71.8 Å². The van der Waals surface area contributed by atoms with Gasteiger partial charge in [0.05, 0.1) is 33.6 Å². The molecular formula is C29H30F3NO6. The molecule has 1 amide bonds. The summed E-state index contributed by atoms with van der Waals surface area (Å²) in [6.07, 6.45) is -4.83. The molecule has 3 aromatic rings. The molecule has 39 heavy (non-hydrogen) atoms. The van der Waals surface area contributed by atoms with Gasteiger partial charge in [0.25, 0.3) is 0 Å². The van der Waals surface area contributed by atoms with Crippen LogP contribution in [-0.4, -0.2) is 39.6 Å². The molecule has 0 aromatic heterocycles. The molecular weight excluding hydrogens is 515 g/mol. The number of alkyl halides is 3. The van der Waals surface area contributed by atoms with Crippen molar-refractivity contribution in [3.8, 4) is 28.4 Å². The van der Waals surface area contributed by atoms with Gasteiger partial charge in [-0.3, -0.25) is 9.69 Å². The minimum absolute atomic E-state index is 0.0127. The van der Waals surface area contributed by atoms with Crippen LogP contribution in [0, 0.1) is 0 Å². The second kappa shape index (κ2) is 11.7. The molecule has 0 bridgehead atoms. The second-order valence-corrected chi connectivity index (χ2v) is 9.63. The lowest BCUT2D eigenvalue weighted by atomic mass is 9.87. The summed E-state index contributed by atoms with van der Waals surface area (Å²) in [6.45, 7) is 6.26. The van der Waals surface area contributed by atoms with Crippen LogP contribution in [0.4, 0.5) is 18.9 Å². The average Bonchev–Trinajstić information content (AvgIpc) is 2.89. The van der Waals surface area contributed by atoms with Gasteiger partial charge in [-0.25, -0.2) is 4.79 Å². The standard InChI is InChI=1S/C29H30F3NO6/c1-28(2,3)20-11-7-18(8-12-20)17-33(26(34)27(35)38-6)23-15-22(24(36-4)16-25(23)37-5)19-9-13-21(14-10-19)39-29(30,31)32/h7-16H,17H2,1-6H3. The van der Waals surface area contributed by atoms with Gasteiger partial charge in [-0.15, -0.1) is 13.2 Å². The molecule has 0 aliphatic rings. The van der Waals surface area contributed by atoms with Crippen LogP contribution in [0.3, 0.4) is 0 Å². The van der Waals surface area contributed by atoms with Crippen LogP contribution >= 0.6 is 0 Å². The maximum absolute atomic E-state index is 13.2. The van der Waals surface area contributed by atoms with E-state index in [2.05, 4.69) is 25.5 Å². The highest BCUT2D eigenvalue weighted by Crippen LogP contribution is 2.42. The van der Waals surface area contributed by atoms with Gasteiger partial charge in [0.1, 0.15) is 17.2 Å². The van der Waals surface area contributed by atoms with Gasteiger partial charge in [0.2, 0.25) is 0 Å². The van der Waals surface area contributed by atoms with E-state index >= 15 is 0 Å². The quantitative estimate of drug-likeness (QED) is 0.257. The lowest BCUT2D eigenvalue weighted by Gasteiger charge is -2.26. The van der Waals surface area contributed by atoms with Crippen LogP contribution in [0.5, 0.6) is 17.2 Å². The number of anilines is 1. The maximum atomic E-state index is 13.2. The van der Waals surface area contributed by atoms with Gasteiger partial charge in [0.15, 0.2) is 0 Å². The van der Waals surface area contributed by atoms with E-state index in [1.54, 1.807) is 6.07 Å². The van der Waals surface area contributed by atoms with E-state index in [0.717, 1.165) is 18.2 Å². The number of amides is 1. The number of ether oxygens (including phenoxy) is 4. The van der Waals surface area contributed by atoms with Crippen molar-refractivity contribution < 1.29 is 41.7 Å². The van der Waals surface area contributed by atoms with Crippen LogP contribution in [0.15, 0.2) is 60.7 Å². The number of carbonyl (C=O) groups excluding carboxylic acids is 2. The van der Waals surface area contributed by atoms with Gasteiger partial charge in [-0.1, -0.05) is 57.2 Å². The zero-order valence-electron chi connectivity index (χ0n) is 22.5. The number of hydrogen-bond donors (Lipinski definition) is 0. The number of rotatable bonds is 7. The Hall–Kier alpha value is -4.21. The highest BCUT2D eigenvalue weighted by Gasteiger charge is 2.31. The smallest absolute Gasteiger partial charge is 0.496 e. The van der Waals surface area contributed by atoms with Crippen molar-refractivity contribution in [2.24, 2.45) is 0 Å². The third kappa shape index (κ3) is 7.22. The number of halogens is 3. The molecule has 0 aliphatic carbocycles. The van der Waals surface area contributed by atoms with Crippen LogP contribution in [0.2, 0.25) is 0 Å². The van der Waals surface area contributed by atoms with Crippen molar-refractivity contribution in [2.45, 2.75) is 39.1 Å². The topological polar surface area (TPSA) is 74.3 Å². The number of carbonyl (C=O) groups is 2. The third-order valence-corrected chi connectivity index (χ3v) is 5.96. The highest BCUT2D eigenvalue weighted by molar-refractivity contribution is 6.38. The van der Waals surface area contributed by atoms with E-state index in [1.807, 2.05) is 24.3 Å². The summed E-state index contributed by atoms with van der Waals surface area (Å²) in [5, 5.41) is 0. The average molecular weight is 546 g/mol. The van der Waals surface area contributed by atoms with Gasteiger partial charge in [-0.2, -0.15) is 0 Å². The lowest BCUT2D eigenvalue weighted by molar-refractivity contribution is -0.274. The van der Waals surface area contributed by atoms with E-state index < -0.39 is 18.2 Å². The molecule has 7 nitrogen and oxygen atoms in total. The number of methoxy groups -OCH3 is 3. The Morgan fingerprint density at radius 2 is 1.41 bits per heavy atom. The van der Waals surface area contributed by atoms with E-state index in [-0.39, 0.29) is 29.1 Å². The van der Waals surface area contributed by atoms with Crippen LogP contribution in [0.25, 0.3) is 11.1 Å². The molecule has 0 spiro atoms.